The molecule has 2 aromatic rings. The molecule has 0 saturated carbocycles. The molecule has 0 heterocycles. The lowest BCUT2D eigenvalue weighted by Crippen LogP contribution is -2.10. The van der Waals surface area contributed by atoms with Gasteiger partial charge in [0.15, 0.2) is 0 Å². The SMILES string of the molecule is C[C@@H](N)c1ccc(N(C)c2ccc(C#N)cc2)cc1. The first-order valence-corrected chi connectivity index (χ1v) is 6.21. The van der Waals surface area contributed by atoms with Crippen LogP contribution < -0.4 is 10.6 Å². The van der Waals surface area contributed by atoms with Crippen molar-refractivity contribution in [2.45, 2.75) is 13.0 Å². The van der Waals surface area contributed by atoms with Gasteiger partial charge in [0.1, 0.15) is 0 Å². The normalized spacial score (nSPS) is 11.7. The van der Waals surface area contributed by atoms with Gasteiger partial charge in [-0.15, -0.1) is 0 Å². The number of nitriles is 1. The van der Waals surface area contributed by atoms with Crippen LogP contribution in [-0.4, -0.2) is 7.05 Å². The molecule has 0 aliphatic heterocycles. The van der Waals surface area contributed by atoms with Gasteiger partial charge in [-0.05, 0) is 48.9 Å². The third kappa shape index (κ3) is 2.93. The quantitative estimate of drug-likeness (QED) is 0.910. The fourth-order valence-corrected chi connectivity index (χ4v) is 1.91. The van der Waals surface area contributed by atoms with Crippen LogP contribution in [0.4, 0.5) is 11.4 Å². The molecule has 19 heavy (non-hydrogen) atoms. The highest BCUT2D eigenvalue weighted by molar-refractivity contribution is 5.63. The Morgan fingerprint density at radius 1 is 1.00 bits per heavy atom. The van der Waals surface area contributed by atoms with Crippen LogP contribution in [0.5, 0.6) is 0 Å². The van der Waals surface area contributed by atoms with E-state index in [2.05, 4.69) is 23.1 Å². The van der Waals surface area contributed by atoms with Crippen molar-refractivity contribution < 1.29 is 0 Å². The third-order valence-electron chi connectivity index (χ3n) is 3.19. The second kappa shape index (κ2) is 5.55. The first kappa shape index (κ1) is 13.1. The summed E-state index contributed by atoms with van der Waals surface area (Å²) in [6, 6.07) is 17.9. The van der Waals surface area contributed by atoms with Gasteiger partial charge in [0.2, 0.25) is 0 Å². The Hall–Kier alpha value is -2.31. The molecule has 0 radical (unpaired) electrons. The van der Waals surface area contributed by atoms with Crippen LogP contribution in [0.3, 0.4) is 0 Å². The summed E-state index contributed by atoms with van der Waals surface area (Å²) in [6.45, 7) is 1.97. The Kier molecular flexibility index (Phi) is 3.84. The lowest BCUT2D eigenvalue weighted by Gasteiger charge is -2.20. The fourth-order valence-electron chi connectivity index (χ4n) is 1.91. The van der Waals surface area contributed by atoms with Gasteiger partial charge in [0.25, 0.3) is 0 Å². The van der Waals surface area contributed by atoms with Gasteiger partial charge in [-0.2, -0.15) is 5.26 Å². The van der Waals surface area contributed by atoms with E-state index in [0.29, 0.717) is 5.56 Å². The zero-order chi connectivity index (χ0) is 13.8. The number of anilines is 2. The molecule has 1 atom stereocenters. The lowest BCUT2D eigenvalue weighted by molar-refractivity contribution is 0.818. The second-order valence-corrected chi connectivity index (χ2v) is 4.60. The average molecular weight is 251 g/mol. The Balaban J connectivity index is 2.23. The number of hydrogen-bond donors (Lipinski definition) is 1. The highest BCUT2D eigenvalue weighted by atomic mass is 15.1. The van der Waals surface area contributed by atoms with Gasteiger partial charge in [-0.1, -0.05) is 12.1 Å². The minimum absolute atomic E-state index is 0.0502. The molecule has 0 amide bonds. The van der Waals surface area contributed by atoms with Crippen LogP contribution in [0, 0.1) is 11.3 Å². The van der Waals surface area contributed by atoms with Crippen molar-refractivity contribution in [3.63, 3.8) is 0 Å². The van der Waals surface area contributed by atoms with E-state index in [9.17, 15) is 0 Å². The summed E-state index contributed by atoms with van der Waals surface area (Å²) in [4.78, 5) is 2.08. The van der Waals surface area contributed by atoms with Crippen molar-refractivity contribution in [2.75, 3.05) is 11.9 Å². The maximum Gasteiger partial charge on any atom is 0.0991 e. The zero-order valence-electron chi connectivity index (χ0n) is 11.2. The number of benzene rings is 2. The molecule has 0 saturated heterocycles. The van der Waals surface area contributed by atoms with Crippen LogP contribution in [0.25, 0.3) is 0 Å². The number of nitrogens with two attached hydrogens (primary N) is 1. The minimum atomic E-state index is 0.0502. The molecule has 0 bridgehead atoms. The van der Waals surface area contributed by atoms with Crippen LogP contribution in [-0.2, 0) is 0 Å². The zero-order valence-corrected chi connectivity index (χ0v) is 11.2. The van der Waals surface area contributed by atoms with E-state index in [0.717, 1.165) is 16.9 Å². The van der Waals surface area contributed by atoms with Gasteiger partial charge in [-0.3, -0.25) is 0 Å². The molecule has 0 aliphatic rings. The molecule has 0 unspecified atom stereocenters. The summed E-state index contributed by atoms with van der Waals surface area (Å²) in [7, 11) is 2.00. The molecule has 96 valence electrons. The molecule has 2 N–H and O–H groups in total. The van der Waals surface area contributed by atoms with Crippen molar-refractivity contribution in [3.8, 4) is 6.07 Å². The summed E-state index contributed by atoms with van der Waals surface area (Å²) < 4.78 is 0. The summed E-state index contributed by atoms with van der Waals surface area (Å²) in [5.74, 6) is 0. The summed E-state index contributed by atoms with van der Waals surface area (Å²) in [5.41, 5.74) is 9.77. The van der Waals surface area contributed by atoms with E-state index in [1.807, 2.05) is 50.4 Å². The lowest BCUT2D eigenvalue weighted by atomic mass is 10.1. The van der Waals surface area contributed by atoms with Crippen LogP contribution >= 0.6 is 0 Å². The predicted molar refractivity (Wildman–Crippen MR) is 78.3 cm³/mol. The van der Waals surface area contributed by atoms with E-state index in [-0.39, 0.29) is 6.04 Å². The molecule has 0 spiro atoms. The first-order valence-electron chi connectivity index (χ1n) is 6.21. The van der Waals surface area contributed by atoms with E-state index in [1.54, 1.807) is 0 Å². The second-order valence-electron chi connectivity index (χ2n) is 4.60. The third-order valence-corrected chi connectivity index (χ3v) is 3.19. The number of rotatable bonds is 3. The average Bonchev–Trinajstić information content (AvgIpc) is 2.46. The molecule has 0 aromatic heterocycles. The smallest absolute Gasteiger partial charge is 0.0991 e. The minimum Gasteiger partial charge on any atom is -0.345 e. The van der Waals surface area contributed by atoms with Crippen molar-refractivity contribution in [3.05, 3.63) is 59.7 Å². The molecule has 3 nitrogen and oxygen atoms in total. The summed E-state index contributed by atoms with van der Waals surface area (Å²) >= 11 is 0. The maximum absolute atomic E-state index is 8.79. The molecule has 2 rings (SSSR count). The van der Waals surface area contributed by atoms with E-state index in [1.165, 1.54) is 0 Å². The van der Waals surface area contributed by atoms with Crippen LogP contribution in [0.15, 0.2) is 48.5 Å². The number of nitrogens with zero attached hydrogens (tertiary/aromatic N) is 2. The summed E-state index contributed by atoms with van der Waals surface area (Å²) in [6.07, 6.45) is 0. The first-order chi connectivity index (χ1) is 9.11. The van der Waals surface area contributed by atoms with Crippen LogP contribution in [0.1, 0.15) is 24.1 Å². The maximum atomic E-state index is 8.79. The molecule has 0 fully saturated rings. The predicted octanol–water partition coefficient (Wildman–Crippen LogP) is 3.35. The van der Waals surface area contributed by atoms with Gasteiger partial charge in [0, 0.05) is 24.5 Å². The van der Waals surface area contributed by atoms with Crippen molar-refractivity contribution in [2.24, 2.45) is 5.73 Å². The van der Waals surface area contributed by atoms with Gasteiger partial charge >= 0.3 is 0 Å². The summed E-state index contributed by atoms with van der Waals surface area (Å²) in [5, 5.41) is 8.79. The van der Waals surface area contributed by atoms with Crippen molar-refractivity contribution in [1.29, 1.82) is 5.26 Å². The monoisotopic (exact) mass is 251 g/mol. The van der Waals surface area contributed by atoms with Crippen molar-refractivity contribution in [1.82, 2.24) is 0 Å². The molecular weight excluding hydrogens is 234 g/mol. The van der Waals surface area contributed by atoms with Gasteiger partial charge < -0.3 is 10.6 Å². The highest BCUT2D eigenvalue weighted by Crippen LogP contribution is 2.24. The fraction of sp³-hybridized carbons (Fsp3) is 0.188. The van der Waals surface area contributed by atoms with Gasteiger partial charge in [-0.25, -0.2) is 0 Å². The molecule has 2 aromatic carbocycles. The standard InChI is InChI=1S/C16H17N3/c1-12(18)14-5-9-16(10-6-14)19(2)15-7-3-13(11-17)4-8-15/h3-10,12H,18H2,1-2H3/t12-/m1/s1. The highest BCUT2D eigenvalue weighted by Gasteiger charge is 2.05. The molecular formula is C16H17N3. The van der Waals surface area contributed by atoms with E-state index < -0.39 is 0 Å². The van der Waals surface area contributed by atoms with Gasteiger partial charge in [0.05, 0.1) is 11.6 Å². The molecule has 0 aliphatic carbocycles. The number of hydrogen-bond acceptors (Lipinski definition) is 3. The van der Waals surface area contributed by atoms with E-state index >= 15 is 0 Å². The van der Waals surface area contributed by atoms with Crippen LogP contribution in [0.2, 0.25) is 0 Å². The Morgan fingerprint density at radius 2 is 1.47 bits per heavy atom. The topological polar surface area (TPSA) is 53.0 Å². The van der Waals surface area contributed by atoms with Crippen molar-refractivity contribution >= 4 is 11.4 Å². The molecule has 3 heteroatoms. The largest absolute Gasteiger partial charge is 0.345 e. The Morgan fingerprint density at radius 3 is 1.89 bits per heavy atom. The Labute approximate surface area is 113 Å². The Bertz CT molecular complexity index is 577. The van der Waals surface area contributed by atoms with E-state index in [4.69, 9.17) is 11.0 Å².